The van der Waals surface area contributed by atoms with E-state index in [-0.39, 0.29) is 25.1 Å². The van der Waals surface area contributed by atoms with Crippen LogP contribution < -0.4 is 5.56 Å². The molecular formula is C18H20INO5S. The molecule has 1 atom stereocenters. The Morgan fingerprint density at radius 2 is 1.88 bits per heavy atom. The fourth-order valence-electron chi connectivity index (χ4n) is 2.32. The summed E-state index contributed by atoms with van der Waals surface area (Å²) in [7, 11) is -3.75. The summed E-state index contributed by atoms with van der Waals surface area (Å²) in [6.07, 6.45) is 2.54. The van der Waals surface area contributed by atoms with Crippen molar-refractivity contribution in [2.45, 2.75) is 31.2 Å². The van der Waals surface area contributed by atoms with Crippen LogP contribution >= 0.6 is 22.6 Å². The highest BCUT2D eigenvalue weighted by Gasteiger charge is 2.44. The Labute approximate surface area is 166 Å². The predicted molar refractivity (Wildman–Crippen MR) is 108 cm³/mol. The Morgan fingerprint density at radius 1 is 1.23 bits per heavy atom. The van der Waals surface area contributed by atoms with Crippen molar-refractivity contribution in [2.75, 3.05) is 6.26 Å². The van der Waals surface area contributed by atoms with Crippen LogP contribution in [0.15, 0.2) is 53.5 Å². The summed E-state index contributed by atoms with van der Waals surface area (Å²) in [6.45, 7) is 1.43. The lowest BCUT2D eigenvalue weighted by Gasteiger charge is -2.25. The van der Waals surface area contributed by atoms with Gasteiger partial charge in [0.25, 0.3) is 5.56 Å². The molecule has 0 saturated heterocycles. The number of rotatable bonds is 7. The zero-order valence-corrected chi connectivity index (χ0v) is 17.5. The summed E-state index contributed by atoms with van der Waals surface area (Å²) >= 11 is 2.02. The average Bonchev–Trinajstić information content (AvgIpc) is 2.58. The average molecular weight is 489 g/mol. The van der Waals surface area contributed by atoms with Crippen LogP contribution in [0.4, 0.5) is 0 Å². The summed E-state index contributed by atoms with van der Waals surface area (Å²) in [5, 5.41) is 0. The van der Waals surface area contributed by atoms with Crippen molar-refractivity contribution >= 4 is 38.4 Å². The highest BCUT2D eigenvalue weighted by molar-refractivity contribution is 14.1. The van der Waals surface area contributed by atoms with E-state index in [2.05, 4.69) is 0 Å². The second-order valence-corrected chi connectivity index (χ2v) is 9.88. The van der Waals surface area contributed by atoms with E-state index in [0.29, 0.717) is 0 Å². The van der Waals surface area contributed by atoms with Gasteiger partial charge in [0, 0.05) is 28.6 Å². The molecule has 1 aromatic carbocycles. The summed E-state index contributed by atoms with van der Waals surface area (Å²) in [4.78, 5) is 24.5. The quantitative estimate of drug-likeness (QED) is 0.441. The van der Waals surface area contributed by atoms with Gasteiger partial charge in [0.15, 0.2) is 14.6 Å². The molecule has 1 heterocycles. The highest BCUT2D eigenvalue weighted by Crippen LogP contribution is 2.24. The molecule has 140 valence electrons. The number of nitrogens with zero attached hydrogens (tertiary/aromatic N) is 1. The SMILES string of the molecule is CC(CCn1ccc(I)cc1=O)(C(=O)OCc1ccccc1)S(C)(=O)=O. The maximum Gasteiger partial charge on any atom is 0.327 e. The van der Waals surface area contributed by atoms with Gasteiger partial charge in [-0.25, -0.2) is 8.42 Å². The molecule has 2 rings (SSSR count). The number of benzene rings is 1. The summed E-state index contributed by atoms with van der Waals surface area (Å²) in [6, 6.07) is 12.2. The van der Waals surface area contributed by atoms with E-state index in [9.17, 15) is 18.0 Å². The predicted octanol–water partition coefficient (Wildman–Crippen LogP) is 2.39. The van der Waals surface area contributed by atoms with E-state index in [1.54, 1.807) is 24.4 Å². The van der Waals surface area contributed by atoms with Crippen LogP contribution in [0.1, 0.15) is 18.9 Å². The number of carbonyl (C=O) groups excluding carboxylic acids is 1. The van der Waals surface area contributed by atoms with E-state index in [1.807, 2.05) is 40.8 Å². The summed E-state index contributed by atoms with van der Waals surface area (Å²) < 4.78 is 30.2. The molecule has 8 heteroatoms. The molecule has 1 aromatic heterocycles. The van der Waals surface area contributed by atoms with Crippen LogP contribution in [0.25, 0.3) is 0 Å². The third kappa shape index (κ3) is 4.94. The maximum absolute atomic E-state index is 12.6. The van der Waals surface area contributed by atoms with Gasteiger partial charge in [-0.15, -0.1) is 0 Å². The van der Waals surface area contributed by atoms with Crippen LogP contribution in [-0.2, 0) is 32.5 Å². The minimum Gasteiger partial charge on any atom is -0.460 e. The number of aromatic nitrogens is 1. The number of carbonyl (C=O) groups is 1. The van der Waals surface area contributed by atoms with Gasteiger partial charge in [0.1, 0.15) is 6.61 Å². The van der Waals surface area contributed by atoms with Gasteiger partial charge in [-0.2, -0.15) is 0 Å². The van der Waals surface area contributed by atoms with Crippen LogP contribution in [0.3, 0.4) is 0 Å². The van der Waals surface area contributed by atoms with Gasteiger partial charge in [-0.05, 0) is 47.6 Å². The monoisotopic (exact) mass is 489 g/mol. The lowest BCUT2D eigenvalue weighted by Crippen LogP contribution is -2.45. The largest absolute Gasteiger partial charge is 0.460 e. The van der Waals surface area contributed by atoms with E-state index in [4.69, 9.17) is 4.74 Å². The Hall–Kier alpha value is -1.68. The van der Waals surface area contributed by atoms with E-state index in [1.165, 1.54) is 17.6 Å². The first-order chi connectivity index (χ1) is 12.1. The Kier molecular flexibility index (Phi) is 6.62. The molecule has 6 nitrogen and oxygen atoms in total. The number of ether oxygens (including phenoxy) is 1. The topological polar surface area (TPSA) is 82.4 Å². The van der Waals surface area contributed by atoms with Crippen molar-refractivity contribution in [1.29, 1.82) is 0 Å². The summed E-state index contributed by atoms with van der Waals surface area (Å²) in [5.74, 6) is -0.817. The molecule has 0 bridgehead atoms. The lowest BCUT2D eigenvalue weighted by atomic mass is 10.1. The van der Waals surface area contributed by atoms with E-state index in [0.717, 1.165) is 15.4 Å². The van der Waals surface area contributed by atoms with Crippen molar-refractivity contribution < 1.29 is 17.9 Å². The number of halogens is 1. The lowest BCUT2D eigenvalue weighted by molar-refractivity contribution is -0.148. The standard InChI is InChI=1S/C18H20INO5S/c1-18(26(2,23)24,9-11-20-10-8-15(19)12-16(20)21)17(22)25-13-14-6-4-3-5-7-14/h3-8,10,12H,9,11,13H2,1-2H3. The first kappa shape index (κ1) is 20.6. The third-order valence-electron chi connectivity index (χ3n) is 4.25. The molecule has 0 N–H and O–H groups in total. The molecule has 0 aliphatic rings. The minimum absolute atomic E-state index is 0.00569. The molecule has 0 amide bonds. The molecular weight excluding hydrogens is 469 g/mol. The Balaban J connectivity index is 2.16. The highest BCUT2D eigenvalue weighted by atomic mass is 127. The van der Waals surface area contributed by atoms with Gasteiger partial charge in [-0.3, -0.25) is 9.59 Å². The molecule has 0 saturated carbocycles. The van der Waals surface area contributed by atoms with Crippen molar-refractivity contribution in [3.05, 3.63) is 68.1 Å². The first-order valence-electron chi connectivity index (χ1n) is 7.90. The zero-order valence-electron chi connectivity index (χ0n) is 14.5. The normalized spacial score (nSPS) is 13.8. The molecule has 0 spiro atoms. The molecule has 0 aliphatic carbocycles. The molecule has 26 heavy (non-hydrogen) atoms. The zero-order chi connectivity index (χ0) is 19.4. The number of aryl methyl sites for hydroxylation is 1. The van der Waals surface area contributed by atoms with Gasteiger partial charge in [0.2, 0.25) is 0 Å². The van der Waals surface area contributed by atoms with Crippen LogP contribution in [0, 0.1) is 3.57 Å². The van der Waals surface area contributed by atoms with Crippen molar-refractivity contribution in [3.8, 4) is 0 Å². The molecule has 0 aliphatic heterocycles. The first-order valence-corrected chi connectivity index (χ1v) is 10.9. The van der Waals surface area contributed by atoms with Gasteiger partial charge >= 0.3 is 5.97 Å². The van der Waals surface area contributed by atoms with Crippen molar-refractivity contribution in [3.63, 3.8) is 0 Å². The van der Waals surface area contributed by atoms with Crippen molar-refractivity contribution in [1.82, 2.24) is 4.57 Å². The molecule has 0 radical (unpaired) electrons. The van der Waals surface area contributed by atoms with Crippen molar-refractivity contribution in [2.24, 2.45) is 0 Å². The maximum atomic E-state index is 12.6. The Morgan fingerprint density at radius 3 is 2.46 bits per heavy atom. The molecule has 0 fully saturated rings. The number of sulfone groups is 1. The molecule has 2 aromatic rings. The number of hydrogen-bond donors (Lipinski definition) is 0. The second kappa shape index (κ2) is 8.34. The Bertz CT molecular complexity index is 940. The molecule has 1 unspecified atom stereocenters. The second-order valence-electron chi connectivity index (χ2n) is 6.19. The minimum atomic E-state index is -3.75. The number of hydrogen-bond acceptors (Lipinski definition) is 5. The van der Waals surface area contributed by atoms with Gasteiger partial charge < -0.3 is 9.30 Å². The van der Waals surface area contributed by atoms with Crippen LogP contribution in [-0.4, -0.2) is 30.0 Å². The summed E-state index contributed by atoms with van der Waals surface area (Å²) in [5.41, 5.74) is 0.524. The smallest absolute Gasteiger partial charge is 0.327 e. The van der Waals surface area contributed by atoms with Gasteiger partial charge in [0.05, 0.1) is 0 Å². The van der Waals surface area contributed by atoms with Crippen LogP contribution in [0.5, 0.6) is 0 Å². The number of esters is 1. The van der Waals surface area contributed by atoms with E-state index < -0.39 is 20.6 Å². The fourth-order valence-corrected chi connectivity index (χ4v) is 3.57. The number of pyridine rings is 1. The van der Waals surface area contributed by atoms with Crippen LogP contribution in [0.2, 0.25) is 0 Å². The third-order valence-corrected chi connectivity index (χ3v) is 6.93. The van der Waals surface area contributed by atoms with Gasteiger partial charge in [-0.1, -0.05) is 30.3 Å². The fraction of sp³-hybridized carbons (Fsp3) is 0.333. The van der Waals surface area contributed by atoms with E-state index >= 15 is 0 Å².